The van der Waals surface area contributed by atoms with E-state index in [0.29, 0.717) is 5.92 Å². The van der Waals surface area contributed by atoms with Crippen molar-refractivity contribution in [2.45, 2.75) is 44.9 Å². The standard InChI is InChI=1S/C13H19NO/c1-10-8-12(13(9-15)14(10)2)11-6-4-3-5-7-11/h8-9,11H,3-7H2,1-2H3. The number of hydrogen-bond acceptors (Lipinski definition) is 1. The van der Waals surface area contributed by atoms with E-state index in [4.69, 9.17) is 0 Å². The second-order valence-electron chi connectivity index (χ2n) is 4.64. The fraction of sp³-hybridized carbons (Fsp3) is 0.615. The van der Waals surface area contributed by atoms with Crippen LogP contribution < -0.4 is 0 Å². The molecule has 0 atom stereocenters. The minimum absolute atomic E-state index is 0.624. The number of nitrogens with zero attached hydrogens (tertiary/aromatic N) is 1. The molecule has 1 aromatic rings. The summed E-state index contributed by atoms with van der Waals surface area (Å²) in [5, 5.41) is 0. The summed E-state index contributed by atoms with van der Waals surface area (Å²) >= 11 is 0. The van der Waals surface area contributed by atoms with Gasteiger partial charge < -0.3 is 4.57 Å². The van der Waals surface area contributed by atoms with Gasteiger partial charge in [0, 0.05) is 12.7 Å². The molecule has 1 fully saturated rings. The first-order valence-electron chi connectivity index (χ1n) is 5.85. The molecule has 1 aromatic heterocycles. The van der Waals surface area contributed by atoms with Gasteiger partial charge in [-0.05, 0) is 37.3 Å². The Bertz CT molecular complexity index is 359. The van der Waals surface area contributed by atoms with Gasteiger partial charge in [0.2, 0.25) is 0 Å². The number of aromatic nitrogens is 1. The molecular weight excluding hydrogens is 186 g/mol. The fourth-order valence-corrected chi connectivity index (χ4v) is 2.67. The van der Waals surface area contributed by atoms with E-state index in [0.717, 1.165) is 12.0 Å². The molecule has 2 heteroatoms. The summed E-state index contributed by atoms with van der Waals surface area (Å²) in [7, 11) is 1.98. The average molecular weight is 205 g/mol. The van der Waals surface area contributed by atoms with Crippen molar-refractivity contribution in [1.82, 2.24) is 4.57 Å². The Hall–Kier alpha value is -1.05. The molecule has 0 N–H and O–H groups in total. The lowest BCUT2D eigenvalue weighted by Crippen LogP contribution is -2.07. The second-order valence-corrected chi connectivity index (χ2v) is 4.64. The van der Waals surface area contributed by atoms with E-state index >= 15 is 0 Å². The smallest absolute Gasteiger partial charge is 0.166 e. The fourth-order valence-electron chi connectivity index (χ4n) is 2.67. The maximum absolute atomic E-state index is 11.1. The van der Waals surface area contributed by atoms with Crippen LogP contribution in [0, 0.1) is 6.92 Å². The van der Waals surface area contributed by atoms with Crippen LogP contribution in [0.1, 0.15) is 59.8 Å². The van der Waals surface area contributed by atoms with Gasteiger partial charge in [-0.2, -0.15) is 0 Å². The van der Waals surface area contributed by atoms with Gasteiger partial charge >= 0.3 is 0 Å². The van der Waals surface area contributed by atoms with Crippen molar-refractivity contribution in [3.63, 3.8) is 0 Å². The molecule has 1 aliphatic carbocycles. The zero-order valence-electron chi connectivity index (χ0n) is 9.62. The zero-order chi connectivity index (χ0) is 10.8. The molecule has 2 rings (SSSR count). The Morgan fingerprint density at radius 2 is 2.00 bits per heavy atom. The van der Waals surface area contributed by atoms with E-state index in [-0.39, 0.29) is 0 Å². The first-order chi connectivity index (χ1) is 7.24. The number of aldehydes is 1. The molecule has 15 heavy (non-hydrogen) atoms. The van der Waals surface area contributed by atoms with Crippen molar-refractivity contribution >= 4 is 6.29 Å². The molecule has 1 aliphatic rings. The number of rotatable bonds is 2. The molecule has 2 nitrogen and oxygen atoms in total. The lowest BCUT2D eigenvalue weighted by atomic mass is 9.84. The SMILES string of the molecule is Cc1cc(C2CCCCC2)c(C=O)n1C. The molecule has 1 heterocycles. The van der Waals surface area contributed by atoms with Crippen molar-refractivity contribution in [3.05, 3.63) is 23.0 Å². The third kappa shape index (κ3) is 1.85. The van der Waals surface area contributed by atoms with E-state index in [1.165, 1.54) is 43.4 Å². The minimum atomic E-state index is 0.624. The molecule has 0 saturated heterocycles. The van der Waals surface area contributed by atoms with Gasteiger partial charge in [0.1, 0.15) is 0 Å². The van der Waals surface area contributed by atoms with E-state index in [9.17, 15) is 4.79 Å². The van der Waals surface area contributed by atoms with E-state index in [1.54, 1.807) is 0 Å². The van der Waals surface area contributed by atoms with Crippen LogP contribution in [0.2, 0.25) is 0 Å². The molecule has 0 amide bonds. The molecule has 0 bridgehead atoms. The van der Waals surface area contributed by atoms with Crippen LogP contribution in [0.15, 0.2) is 6.07 Å². The number of carbonyl (C=O) groups is 1. The van der Waals surface area contributed by atoms with Crippen molar-refractivity contribution in [3.8, 4) is 0 Å². The first kappa shape index (κ1) is 10.5. The third-order valence-electron chi connectivity index (χ3n) is 3.71. The zero-order valence-corrected chi connectivity index (χ0v) is 9.62. The predicted molar refractivity (Wildman–Crippen MR) is 61.4 cm³/mol. The monoisotopic (exact) mass is 205 g/mol. The van der Waals surface area contributed by atoms with Crippen molar-refractivity contribution in [2.24, 2.45) is 7.05 Å². The molecule has 0 spiro atoms. The maximum atomic E-state index is 11.1. The Labute approximate surface area is 91.3 Å². The highest BCUT2D eigenvalue weighted by molar-refractivity contribution is 5.76. The second kappa shape index (κ2) is 4.21. The van der Waals surface area contributed by atoms with Crippen molar-refractivity contribution < 1.29 is 4.79 Å². The van der Waals surface area contributed by atoms with Gasteiger partial charge in [-0.1, -0.05) is 19.3 Å². The summed E-state index contributed by atoms with van der Waals surface area (Å²) < 4.78 is 2.01. The van der Waals surface area contributed by atoms with Crippen molar-refractivity contribution in [1.29, 1.82) is 0 Å². The van der Waals surface area contributed by atoms with Gasteiger partial charge in [0.25, 0.3) is 0 Å². The summed E-state index contributed by atoms with van der Waals surface area (Å²) in [6.07, 6.45) is 7.51. The van der Waals surface area contributed by atoms with Crippen LogP contribution in [0.25, 0.3) is 0 Å². The van der Waals surface area contributed by atoms with Gasteiger partial charge in [-0.25, -0.2) is 0 Å². The number of hydrogen-bond donors (Lipinski definition) is 0. The summed E-state index contributed by atoms with van der Waals surface area (Å²) in [5.74, 6) is 0.624. The molecule has 0 aliphatic heterocycles. The Kier molecular flexibility index (Phi) is 2.94. The highest BCUT2D eigenvalue weighted by Gasteiger charge is 2.21. The van der Waals surface area contributed by atoms with Crippen LogP contribution in [-0.4, -0.2) is 10.9 Å². The molecule has 0 unspecified atom stereocenters. The van der Waals surface area contributed by atoms with Crippen LogP contribution in [-0.2, 0) is 7.05 Å². The molecule has 0 radical (unpaired) electrons. The summed E-state index contributed by atoms with van der Waals surface area (Å²) in [6.45, 7) is 2.07. The Balaban J connectivity index is 2.33. The van der Waals surface area contributed by atoms with Crippen LogP contribution >= 0.6 is 0 Å². The molecule has 1 saturated carbocycles. The predicted octanol–water partition coefficient (Wildman–Crippen LogP) is 3.19. The Morgan fingerprint density at radius 1 is 1.33 bits per heavy atom. The summed E-state index contributed by atoms with van der Waals surface area (Å²) in [6, 6.07) is 2.19. The third-order valence-corrected chi connectivity index (χ3v) is 3.71. The van der Waals surface area contributed by atoms with Gasteiger partial charge in [-0.15, -0.1) is 0 Å². The van der Waals surface area contributed by atoms with E-state index < -0.39 is 0 Å². The lowest BCUT2D eigenvalue weighted by molar-refractivity contribution is 0.111. The highest BCUT2D eigenvalue weighted by Crippen LogP contribution is 2.35. The van der Waals surface area contributed by atoms with Crippen LogP contribution in [0.5, 0.6) is 0 Å². The number of aryl methyl sites for hydroxylation is 1. The lowest BCUT2D eigenvalue weighted by Gasteiger charge is -2.21. The maximum Gasteiger partial charge on any atom is 0.166 e. The number of carbonyl (C=O) groups excluding carboxylic acids is 1. The van der Waals surface area contributed by atoms with Gasteiger partial charge in [0.05, 0.1) is 5.69 Å². The first-order valence-corrected chi connectivity index (χ1v) is 5.85. The largest absolute Gasteiger partial charge is 0.346 e. The minimum Gasteiger partial charge on any atom is -0.346 e. The van der Waals surface area contributed by atoms with E-state index in [1.807, 2.05) is 11.6 Å². The van der Waals surface area contributed by atoms with Gasteiger partial charge in [-0.3, -0.25) is 4.79 Å². The highest BCUT2D eigenvalue weighted by atomic mass is 16.1. The van der Waals surface area contributed by atoms with Crippen LogP contribution in [0.4, 0.5) is 0 Å². The average Bonchev–Trinajstić information content (AvgIpc) is 2.56. The van der Waals surface area contributed by atoms with E-state index in [2.05, 4.69) is 13.0 Å². The normalized spacial score (nSPS) is 18.0. The topological polar surface area (TPSA) is 22.0 Å². The molecular formula is C13H19NO. The molecule has 82 valence electrons. The summed E-state index contributed by atoms with van der Waals surface area (Å²) in [5.41, 5.74) is 3.36. The quantitative estimate of drug-likeness (QED) is 0.680. The van der Waals surface area contributed by atoms with Gasteiger partial charge in [0.15, 0.2) is 6.29 Å². The molecule has 0 aromatic carbocycles. The summed E-state index contributed by atoms with van der Waals surface area (Å²) in [4.78, 5) is 11.1. The van der Waals surface area contributed by atoms with Crippen LogP contribution in [0.3, 0.4) is 0 Å². The van der Waals surface area contributed by atoms with Crippen molar-refractivity contribution in [2.75, 3.05) is 0 Å². The Morgan fingerprint density at radius 3 is 2.60 bits per heavy atom.